The molecule has 2 fully saturated rings. The number of aliphatic carboxylic acids is 1. The molecule has 2 heterocycles. The van der Waals surface area contributed by atoms with Crippen LogP contribution in [0.25, 0.3) is 0 Å². The second kappa shape index (κ2) is 12.4. The van der Waals surface area contributed by atoms with E-state index in [0.717, 1.165) is 5.56 Å². The first kappa shape index (κ1) is 28.2. The number of nitrogens with zero attached hydrogens (tertiary/aromatic N) is 4. The standard InChI is InChI=1S/C27H27Cl2N5O5/c1-2-12-32-17-24(35)33-22(10-11-25(36)37)26(38)31(15-19-8-9-20(28)21(29)13-19)16-23(33)34(32)27(39)30-14-18-6-4-3-5-7-18/h1,3-9,13,22-23H,10-12,14-17H2,(H,30,39)(H,36,37)/t22-,23-/m0/s1. The Labute approximate surface area is 236 Å². The number of benzene rings is 2. The van der Waals surface area contributed by atoms with Gasteiger partial charge in [-0.1, -0.05) is 65.5 Å². The molecule has 2 aromatic carbocycles. The molecular weight excluding hydrogens is 545 g/mol. The Balaban J connectivity index is 1.67. The van der Waals surface area contributed by atoms with Crippen molar-refractivity contribution in [2.45, 2.75) is 38.1 Å². The van der Waals surface area contributed by atoms with Crippen molar-refractivity contribution in [3.8, 4) is 12.3 Å². The average Bonchev–Trinajstić information content (AvgIpc) is 2.90. The summed E-state index contributed by atoms with van der Waals surface area (Å²) in [6.07, 6.45) is 4.21. The fourth-order valence-corrected chi connectivity index (χ4v) is 5.15. The van der Waals surface area contributed by atoms with Crippen LogP contribution in [0.2, 0.25) is 10.0 Å². The average molecular weight is 572 g/mol. The van der Waals surface area contributed by atoms with Gasteiger partial charge in [-0.05, 0) is 29.7 Å². The zero-order valence-corrected chi connectivity index (χ0v) is 22.4. The highest BCUT2D eigenvalue weighted by Gasteiger charge is 2.51. The quantitative estimate of drug-likeness (QED) is 0.471. The molecule has 0 saturated carbocycles. The molecule has 2 N–H and O–H groups in total. The Bertz CT molecular complexity index is 1300. The maximum absolute atomic E-state index is 13.6. The van der Waals surface area contributed by atoms with Gasteiger partial charge in [0.15, 0.2) is 0 Å². The van der Waals surface area contributed by atoms with Gasteiger partial charge in [0.2, 0.25) is 11.8 Å². The largest absolute Gasteiger partial charge is 0.481 e. The molecule has 39 heavy (non-hydrogen) atoms. The molecule has 0 unspecified atom stereocenters. The van der Waals surface area contributed by atoms with Crippen molar-refractivity contribution < 1.29 is 24.3 Å². The van der Waals surface area contributed by atoms with Gasteiger partial charge in [-0.2, -0.15) is 5.01 Å². The smallest absolute Gasteiger partial charge is 0.334 e. The van der Waals surface area contributed by atoms with E-state index in [4.69, 9.17) is 29.6 Å². The van der Waals surface area contributed by atoms with Crippen molar-refractivity contribution in [2.75, 3.05) is 19.6 Å². The molecule has 0 spiro atoms. The Hall–Kier alpha value is -3.78. The minimum absolute atomic E-state index is 0.0185. The number of amides is 4. The lowest BCUT2D eigenvalue weighted by molar-refractivity contribution is -0.190. The first-order valence-corrected chi connectivity index (χ1v) is 13.0. The van der Waals surface area contributed by atoms with Crippen LogP contribution in [0.4, 0.5) is 4.79 Å². The lowest BCUT2D eigenvalue weighted by Gasteiger charge is -2.54. The number of terminal acetylenes is 1. The van der Waals surface area contributed by atoms with Crippen LogP contribution in [0, 0.1) is 12.3 Å². The summed E-state index contributed by atoms with van der Waals surface area (Å²) in [5.41, 5.74) is 1.56. The summed E-state index contributed by atoms with van der Waals surface area (Å²) in [6.45, 7) is 0.0776. The van der Waals surface area contributed by atoms with Crippen molar-refractivity contribution in [2.24, 2.45) is 0 Å². The van der Waals surface area contributed by atoms with Crippen molar-refractivity contribution in [1.29, 1.82) is 0 Å². The van der Waals surface area contributed by atoms with Crippen LogP contribution in [0.5, 0.6) is 0 Å². The third-order valence-corrected chi connectivity index (χ3v) is 7.33. The van der Waals surface area contributed by atoms with Gasteiger partial charge in [-0.3, -0.25) is 14.4 Å². The summed E-state index contributed by atoms with van der Waals surface area (Å²) >= 11 is 12.2. The number of carbonyl (C=O) groups is 4. The minimum Gasteiger partial charge on any atom is -0.481 e. The molecule has 0 aromatic heterocycles. The van der Waals surface area contributed by atoms with Gasteiger partial charge in [0, 0.05) is 19.5 Å². The van der Waals surface area contributed by atoms with Gasteiger partial charge < -0.3 is 20.2 Å². The highest BCUT2D eigenvalue weighted by molar-refractivity contribution is 6.42. The van der Waals surface area contributed by atoms with E-state index in [1.54, 1.807) is 18.2 Å². The number of carboxylic acid groups (broad SMARTS) is 1. The number of fused-ring (bicyclic) bond motifs is 1. The van der Waals surface area contributed by atoms with E-state index in [1.165, 1.54) is 19.8 Å². The van der Waals surface area contributed by atoms with Crippen LogP contribution in [0.15, 0.2) is 48.5 Å². The van der Waals surface area contributed by atoms with Gasteiger partial charge in [-0.15, -0.1) is 6.42 Å². The predicted molar refractivity (Wildman–Crippen MR) is 144 cm³/mol. The third-order valence-electron chi connectivity index (χ3n) is 6.59. The summed E-state index contributed by atoms with van der Waals surface area (Å²) in [6, 6.07) is 12.7. The van der Waals surface area contributed by atoms with Crippen molar-refractivity contribution in [3.05, 3.63) is 69.7 Å². The summed E-state index contributed by atoms with van der Waals surface area (Å²) in [4.78, 5) is 54.7. The zero-order valence-electron chi connectivity index (χ0n) is 20.9. The first-order chi connectivity index (χ1) is 18.7. The number of hydrogen-bond donors (Lipinski definition) is 2. The minimum atomic E-state index is -1.10. The van der Waals surface area contributed by atoms with E-state index < -0.39 is 36.0 Å². The molecule has 0 radical (unpaired) electrons. The zero-order chi connectivity index (χ0) is 28.1. The van der Waals surface area contributed by atoms with Gasteiger partial charge in [0.25, 0.3) is 0 Å². The number of halogens is 2. The number of hydrogen-bond acceptors (Lipinski definition) is 5. The summed E-state index contributed by atoms with van der Waals surface area (Å²) in [5, 5.41) is 15.7. The van der Waals surface area contributed by atoms with Crippen molar-refractivity contribution in [3.63, 3.8) is 0 Å². The molecule has 2 aliphatic heterocycles. The van der Waals surface area contributed by atoms with Crippen LogP contribution in [0.3, 0.4) is 0 Å². The van der Waals surface area contributed by atoms with Gasteiger partial charge in [0.05, 0.1) is 29.7 Å². The van der Waals surface area contributed by atoms with Crippen LogP contribution < -0.4 is 5.32 Å². The number of hydrazine groups is 1. The normalized spacial score (nSPS) is 19.5. The SMILES string of the molecule is C#CCN1CC(=O)N2[C@@H](CCC(=O)O)C(=O)N(Cc3ccc(Cl)c(Cl)c3)C[C@@H]2N1C(=O)NCc1ccccc1. The van der Waals surface area contributed by atoms with E-state index in [1.807, 2.05) is 30.3 Å². The molecule has 4 rings (SSSR count). The third kappa shape index (κ3) is 6.45. The second-order valence-corrected chi connectivity index (χ2v) is 10.0. The summed E-state index contributed by atoms with van der Waals surface area (Å²) < 4.78 is 0. The number of urea groups is 1. The number of rotatable bonds is 8. The van der Waals surface area contributed by atoms with Crippen LogP contribution >= 0.6 is 23.2 Å². The van der Waals surface area contributed by atoms with Crippen molar-refractivity contribution >= 4 is 47.0 Å². The molecule has 2 aliphatic rings. The van der Waals surface area contributed by atoms with Gasteiger partial charge in [0.1, 0.15) is 12.2 Å². The Kier molecular flexibility index (Phi) is 8.97. The number of piperazine rings is 1. The molecule has 2 aromatic rings. The highest BCUT2D eigenvalue weighted by atomic mass is 35.5. The maximum Gasteiger partial charge on any atom is 0.334 e. The molecule has 0 aliphatic carbocycles. The maximum atomic E-state index is 13.6. The van der Waals surface area contributed by atoms with E-state index in [0.29, 0.717) is 15.6 Å². The van der Waals surface area contributed by atoms with E-state index >= 15 is 0 Å². The Morgan fingerprint density at radius 3 is 2.49 bits per heavy atom. The fourth-order valence-electron chi connectivity index (χ4n) is 4.83. The first-order valence-electron chi connectivity index (χ1n) is 12.2. The van der Waals surface area contributed by atoms with Crippen LogP contribution in [-0.4, -0.2) is 80.6 Å². The van der Waals surface area contributed by atoms with Crippen molar-refractivity contribution in [1.82, 2.24) is 25.1 Å². The van der Waals surface area contributed by atoms with E-state index in [-0.39, 0.29) is 45.6 Å². The Morgan fingerprint density at radius 1 is 1.08 bits per heavy atom. The summed E-state index contributed by atoms with van der Waals surface area (Å²) in [5.74, 6) is 0.551. The second-order valence-electron chi connectivity index (χ2n) is 9.21. The molecule has 204 valence electrons. The predicted octanol–water partition coefficient (Wildman–Crippen LogP) is 2.80. The number of carbonyl (C=O) groups excluding carboxylic acids is 3. The lowest BCUT2D eigenvalue weighted by atomic mass is 10.0. The van der Waals surface area contributed by atoms with Crippen LogP contribution in [-0.2, 0) is 27.5 Å². The molecule has 0 bridgehead atoms. The fraction of sp³-hybridized carbons (Fsp3) is 0.333. The Morgan fingerprint density at radius 2 is 1.82 bits per heavy atom. The topological polar surface area (TPSA) is 114 Å². The molecule has 12 heteroatoms. The van der Waals surface area contributed by atoms with E-state index in [9.17, 15) is 24.3 Å². The molecular formula is C27H27Cl2N5O5. The molecule has 2 atom stereocenters. The molecule has 2 saturated heterocycles. The monoisotopic (exact) mass is 571 g/mol. The van der Waals surface area contributed by atoms with E-state index in [2.05, 4.69) is 11.2 Å². The highest BCUT2D eigenvalue weighted by Crippen LogP contribution is 2.30. The number of carboxylic acids is 1. The van der Waals surface area contributed by atoms with Crippen LogP contribution in [0.1, 0.15) is 24.0 Å². The molecule has 10 nitrogen and oxygen atoms in total. The van der Waals surface area contributed by atoms with Gasteiger partial charge >= 0.3 is 12.0 Å². The lowest BCUT2D eigenvalue weighted by Crippen LogP contribution is -2.76. The molecule has 4 amide bonds. The van der Waals surface area contributed by atoms with Gasteiger partial charge in [-0.25, -0.2) is 9.80 Å². The summed E-state index contributed by atoms with van der Waals surface area (Å²) in [7, 11) is 0. The number of nitrogens with one attached hydrogen (secondary N) is 1.